The first-order valence-electron chi connectivity index (χ1n) is 9.76. The highest BCUT2D eigenvalue weighted by molar-refractivity contribution is 5.80. The van der Waals surface area contributed by atoms with Gasteiger partial charge in [0.25, 0.3) is 0 Å². The Balaban J connectivity index is 1.57. The molecule has 3 aromatic rings. The Morgan fingerprint density at radius 1 is 0.967 bits per heavy atom. The molecule has 0 unspecified atom stereocenters. The third-order valence-electron chi connectivity index (χ3n) is 4.95. The molecule has 4 rings (SSSR count). The maximum atomic E-state index is 6.12. The first-order chi connectivity index (χ1) is 14.6. The number of nitrogens with zero attached hydrogens (tertiary/aromatic N) is 1. The standard InChI is InChI=1S/C23H25N3O4/c1-27-22-11-16(4-7-21(22)30-14-19-13-28-8-9-29-19)17-10-20(23(25)26-12-17)15-2-5-18(24)6-3-15/h2-7,10-12,19H,8-9,13-14,24H2,1H3,(H2,25,26)/t19-/m1/s1. The Morgan fingerprint density at radius 2 is 1.77 bits per heavy atom. The van der Waals surface area contributed by atoms with Crippen LogP contribution in [-0.2, 0) is 9.47 Å². The van der Waals surface area contributed by atoms with Crippen LogP contribution < -0.4 is 20.9 Å². The number of anilines is 2. The van der Waals surface area contributed by atoms with E-state index in [0.29, 0.717) is 49.4 Å². The minimum Gasteiger partial charge on any atom is -0.493 e. The highest BCUT2D eigenvalue weighted by atomic mass is 16.6. The number of nitrogen functional groups attached to an aromatic ring is 2. The van der Waals surface area contributed by atoms with E-state index >= 15 is 0 Å². The van der Waals surface area contributed by atoms with E-state index < -0.39 is 0 Å². The highest BCUT2D eigenvalue weighted by Gasteiger charge is 2.17. The number of benzene rings is 2. The lowest BCUT2D eigenvalue weighted by molar-refractivity contribution is -0.101. The fourth-order valence-electron chi connectivity index (χ4n) is 3.31. The van der Waals surface area contributed by atoms with Crippen molar-refractivity contribution in [2.24, 2.45) is 0 Å². The average molecular weight is 407 g/mol. The molecule has 0 radical (unpaired) electrons. The molecule has 0 saturated carbocycles. The fourth-order valence-corrected chi connectivity index (χ4v) is 3.31. The molecular formula is C23H25N3O4. The van der Waals surface area contributed by atoms with Gasteiger partial charge < -0.3 is 30.4 Å². The zero-order valence-corrected chi connectivity index (χ0v) is 16.8. The maximum absolute atomic E-state index is 6.12. The summed E-state index contributed by atoms with van der Waals surface area (Å²) < 4.78 is 22.5. The molecule has 4 N–H and O–H groups in total. The van der Waals surface area contributed by atoms with Gasteiger partial charge >= 0.3 is 0 Å². The predicted octanol–water partition coefficient (Wildman–Crippen LogP) is 3.38. The van der Waals surface area contributed by atoms with Crippen molar-refractivity contribution in [1.82, 2.24) is 4.98 Å². The molecule has 1 saturated heterocycles. The van der Waals surface area contributed by atoms with E-state index in [1.54, 1.807) is 13.3 Å². The Kier molecular flexibility index (Phi) is 6.02. The minimum atomic E-state index is -0.0769. The molecule has 1 aliphatic rings. The summed E-state index contributed by atoms with van der Waals surface area (Å²) in [5, 5.41) is 0. The van der Waals surface area contributed by atoms with Crippen LogP contribution in [0.2, 0.25) is 0 Å². The second kappa shape index (κ2) is 9.02. The SMILES string of the molecule is COc1cc(-c2cnc(N)c(-c3ccc(N)cc3)c2)ccc1OC[C@H]1COCCO1. The molecule has 0 bridgehead atoms. The molecule has 1 aliphatic heterocycles. The number of aromatic nitrogens is 1. The average Bonchev–Trinajstić information content (AvgIpc) is 2.79. The van der Waals surface area contributed by atoms with E-state index in [0.717, 1.165) is 22.3 Å². The van der Waals surface area contributed by atoms with Crippen molar-refractivity contribution >= 4 is 11.5 Å². The Hall–Kier alpha value is -3.29. The first-order valence-corrected chi connectivity index (χ1v) is 9.76. The van der Waals surface area contributed by atoms with Crippen molar-refractivity contribution < 1.29 is 18.9 Å². The van der Waals surface area contributed by atoms with Crippen molar-refractivity contribution in [2.75, 3.05) is 45.0 Å². The monoisotopic (exact) mass is 407 g/mol. The van der Waals surface area contributed by atoms with E-state index in [9.17, 15) is 0 Å². The summed E-state index contributed by atoms with van der Waals surface area (Å²) in [6, 6.07) is 15.3. The van der Waals surface area contributed by atoms with Gasteiger partial charge in [-0.2, -0.15) is 0 Å². The van der Waals surface area contributed by atoms with Crippen molar-refractivity contribution in [3.05, 3.63) is 54.7 Å². The molecule has 7 heteroatoms. The van der Waals surface area contributed by atoms with Crippen LogP contribution in [0.4, 0.5) is 11.5 Å². The van der Waals surface area contributed by atoms with Crippen molar-refractivity contribution in [3.63, 3.8) is 0 Å². The summed E-state index contributed by atoms with van der Waals surface area (Å²) in [6.45, 7) is 2.15. The zero-order valence-electron chi connectivity index (χ0n) is 16.8. The molecular weight excluding hydrogens is 382 g/mol. The number of hydrogen-bond donors (Lipinski definition) is 2. The lowest BCUT2D eigenvalue weighted by Crippen LogP contribution is -2.33. The summed E-state index contributed by atoms with van der Waals surface area (Å²) in [6.07, 6.45) is 1.67. The van der Waals surface area contributed by atoms with Crippen LogP contribution in [0.25, 0.3) is 22.3 Å². The van der Waals surface area contributed by atoms with Gasteiger partial charge in [-0.15, -0.1) is 0 Å². The molecule has 0 aliphatic carbocycles. The van der Waals surface area contributed by atoms with Crippen molar-refractivity contribution in [2.45, 2.75) is 6.10 Å². The molecule has 1 fully saturated rings. The van der Waals surface area contributed by atoms with Gasteiger partial charge in [0.15, 0.2) is 11.5 Å². The van der Waals surface area contributed by atoms with Crippen LogP contribution in [0.3, 0.4) is 0 Å². The fraction of sp³-hybridized carbons (Fsp3) is 0.261. The molecule has 1 aromatic heterocycles. The van der Waals surface area contributed by atoms with Crippen LogP contribution in [0.15, 0.2) is 54.7 Å². The molecule has 2 aromatic carbocycles. The number of pyridine rings is 1. The summed E-state index contributed by atoms with van der Waals surface area (Å²) in [7, 11) is 1.62. The highest BCUT2D eigenvalue weighted by Crippen LogP contribution is 2.35. The maximum Gasteiger partial charge on any atom is 0.161 e. The smallest absolute Gasteiger partial charge is 0.161 e. The normalized spacial score (nSPS) is 16.2. The second-order valence-electron chi connectivity index (χ2n) is 7.02. The summed E-state index contributed by atoms with van der Waals surface area (Å²) >= 11 is 0. The van der Waals surface area contributed by atoms with Gasteiger partial charge in [-0.05, 0) is 41.5 Å². The number of rotatable bonds is 6. The molecule has 30 heavy (non-hydrogen) atoms. The van der Waals surface area contributed by atoms with E-state index in [-0.39, 0.29) is 6.10 Å². The van der Waals surface area contributed by atoms with Gasteiger partial charge in [-0.25, -0.2) is 4.98 Å². The Bertz CT molecular complexity index is 1000. The van der Waals surface area contributed by atoms with Gasteiger partial charge in [0.05, 0.1) is 26.9 Å². The quantitative estimate of drug-likeness (QED) is 0.604. The van der Waals surface area contributed by atoms with Crippen LogP contribution in [-0.4, -0.2) is 44.6 Å². The van der Waals surface area contributed by atoms with E-state index in [1.807, 2.05) is 48.5 Å². The third kappa shape index (κ3) is 4.48. The lowest BCUT2D eigenvalue weighted by Gasteiger charge is -2.23. The van der Waals surface area contributed by atoms with Crippen LogP contribution in [0, 0.1) is 0 Å². The van der Waals surface area contributed by atoms with Crippen molar-refractivity contribution in [3.8, 4) is 33.8 Å². The van der Waals surface area contributed by atoms with Gasteiger partial charge in [-0.1, -0.05) is 18.2 Å². The van der Waals surface area contributed by atoms with E-state index in [2.05, 4.69) is 4.98 Å². The Morgan fingerprint density at radius 3 is 2.50 bits per heavy atom. The van der Waals surface area contributed by atoms with Crippen LogP contribution >= 0.6 is 0 Å². The molecule has 7 nitrogen and oxygen atoms in total. The molecule has 0 amide bonds. The zero-order chi connectivity index (χ0) is 20.9. The minimum absolute atomic E-state index is 0.0769. The number of methoxy groups -OCH3 is 1. The summed E-state index contributed by atoms with van der Waals surface area (Å²) in [5.41, 5.74) is 16.3. The van der Waals surface area contributed by atoms with Gasteiger partial charge in [0.2, 0.25) is 0 Å². The number of nitrogens with two attached hydrogens (primary N) is 2. The van der Waals surface area contributed by atoms with Gasteiger partial charge in [-0.3, -0.25) is 0 Å². The molecule has 0 spiro atoms. The van der Waals surface area contributed by atoms with E-state index in [1.165, 1.54) is 0 Å². The van der Waals surface area contributed by atoms with E-state index in [4.69, 9.17) is 30.4 Å². The molecule has 2 heterocycles. The van der Waals surface area contributed by atoms with Gasteiger partial charge in [0.1, 0.15) is 18.5 Å². The molecule has 156 valence electrons. The number of ether oxygens (including phenoxy) is 4. The summed E-state index contributed by atoms with van der Waals surface area (Å²) in [4.78, 5) is 4.37. The van der Waals surface area contributed by atoms with Crippen LogP contribution in [0.5, 0.6) is 11.5 Å². The lowest BCUT2D eigenvalue weighted by atomic mass is 10.0. The number of hydrogen-bond acceptors (Lipinski definition) is 7. The first kappa shape index (κ1) is 20.0. The second-order valence-corrected chi connectivity index (χ2v) is 7.02. The molecule has 1 atom stereocenters. The van der Waals surface area contributed by atoms with Crippen LogP contribution in [0.1, 0.15) is 0 Å². The van der Waals surface area contributed by atoms with Crippen molar-refractivity contribution in [1.29, 1.82) is 0 Å². The Labute approximate surface area is 175 Å². The topological polar surface area (TPSA) is 102 Å². The predicted molar refractivity (Wildman–Crippen MR) is 117 cm³/mol. The third-order valence-corrected chi connectivity index (χ3v) is 4.95. The largest absolute Gasteiger partial charge is 0.493 e. The summed E-state index contributed by atoms with van der Waals surface area (Å²) in [5.74, 6) is 1.75. The van der Waals surface area contributed by atoms with Gasteiger partial charge in [0, 0.05) is 23.0 Å².